The van der Waals surface area contributed by atoms with Gasteiger partial charge in [0.05, 0.1) is 84.2 Å². The minimum Gasteiger partial charge on any atom is -0.394 e. The van der Waals surface area contributed by atoms with Crippen LogP contribution < -0.4 is 0 Å². The van der Waals surface area contributed by atoms with Crippen molar-refractivity contribution in [1.82, 2.24) is 0 Å². The van der Waals surface area contributed by atoms with Gasteiger partial charge >= 0.3 is 0 Å². The summed E-state index contributed by atoms with van der Waals surface area (Å²) >= 11 is 0. The van der Waals surface area contributed by atoms with Crippen LogP contribution in [0, 0.1) is 0 Å². The zero-order chi connectivity index (χ0) is 27.4. The lowest BCUT2D eigenvalue weighted by Gasteiger charge is -2.33. The Balaban J connectivity index is 2.75. The number of hydrogen-bond donors (Lipinski definition) is 4. The third kappa shape index (κ3) is 13.9. The van der Waals surface area contributed by atoms with Crippen LogP contribution in [-0.2, 0) is 44.4 Å². The fourth-order valence-electron chi connectivity index (χ4n) is 3.37. The molecule has 0 spiro atoms. The molecule has 0 saturated carbocycles. The standard InChI is InChI=1S/C24H42O12S/c1-2-3-20-4-6-21(7-5-20)37(29,30)36-17-16-32-19-23(34-14-10-27)24(35-15-11-28)22(33-13-9-26)18-31-12-8-25/h4-7,22-28H,2-3,8-19H2,1H3. The summed E-state index contributed by atoms with van der Waals surface area (Å²) in [6.07, 6.45) is -0.585. The molecule has 1 aromatic rings. The first-order chi connectivity index (χ1) is 17.9. The second kappa shape index (κ2) is 20.7. The monoisotopic (exact) mass is 554 g/mol. The van der Waals surface area contributed by atoms with Gasteiger partial charge in [-0.2, -0.15) is 8.42 Å². The van der Waals surface area contributed by atoms with E-state index in [0.717, 1.165) is 18.4 Å². The predicted octanol–water partition coefficient (Wildman–Crippen LogP) is -0.498. The van der Waals surface area contributed by atoms with Crippen molar-refractivity contribution in [2.75, 3.05) is 79.3 Å². The SMILES string of the molecule is CCCc1ccc(S(=O)(=O)OCCOCC(OCCO)C(OCCO)C(COCCO)OCCO)cc1. The molecule has 3 unspecified atom stereocenters. The molecule has 1 aromatic carbocycles. The van der Waals surface area contributed by atoms with E-state index >= 15 is 0 Å². The van der Waals surface area contributed by atoms with Crippen molar-refractivity contribution in [2.45, 2.75) is 43.0 Å². The highest BCUT2D eigenvalue weighted by atomic mass is 32.2. The lowest BCUT2D eigenvalue weighted by molar-refractivity contribution is -0.176. The van der Waals surface area contributed by atoms with Gasteiger partial charge in [0, 0.05) is 0 Å². The van der Waals surface area contributed by atoms with Crippen molar-refractivity contribution in [3.05, 3.63) is 29.8 Å². The summed E-state index contributed by atoms with van der Waals surface area (Å²) in [7, 11) is -3.95. The molecule has 13 heteroatoms. The molecular weight excluding hydrogens is 512 g/mol. The summed E-state index contributed by atoms with van der Waals surface area (Å²) in [6.45, 7) is 0.562. The minimum absolute atomic E-state index is 0.00591. The molecule has 3 atom stereocenters. The van der Waals surface area contributed by atoms with Crippen molar-refractivity contribution in [3.63, 3.8) is 0 Å². The number of hydrogen-bond acceptors (Lipinski definition) is 12. The molecule has 0 bridgehead atoms. The number of rotatable bonds is 24. The third-order valence-corrected chi connectivity index (χ3v) is 6.32. The molecule has 0 aliphatic carbocycles. The van der Waals surface area contributed by atoms with E-state index in [1.807, 2.05) is 6.92 Å². The van der Waals surface area contributed by atoms with Crippen LogP contribution in [0.3, 0.4) is 0 Å². The first kappa shape index (κ1) is 33.8. The van der Waals surface area contributed by atoms with Crippen molar-refractivity contribution in [1.29, 1.82) is 0 Å². The summed E-state index contributed by atoms with van der Waals surface area (Å²) in [6, 6.07) is 6.53. The number of benzene rings is 1. The Morgan fingerprint density at radius 3 is 1.73 bits per heavy atom. The van der Waals surface area contributed by atoms with Gasteiger partial charge in [-0.1, -0.05) is 25.5 Å². The Hall–Kier alpha value is -1.23. The summed E-state index contributed by atoms with van der Waals surface area (Å²) in [5.74, 6) is 0. The maximum Gasteiger partial charge on any atom is 0.297 e. The Morgan fingerprint density at radius 2 is 1.22 bits per heavy atom. The van der Waals surface area contributed by atoms with Gasteiger partial charge in [-0.3, -0.25) is 4.18 Å². The smallest absolute Gasteiger partial charge is 0.297 e. The molecule has 0 aliphatic rings. The summed E-state index contributed by atoms with van der Waals surface area (Å²) < 4.78 is 58.0. The molecule has 0 fully saturated rings. The van der Waals surface area contributed by atoms with Crippen LogP contribution in [0.2, 0.25) is 0 Å². The van der Waals surface area contributed by atoms with Crippen LogP contribution in [0.25, 0.3) is 0 Å². The molecular formula is C24H42O12S. The van der Waals surface area contributed by atoms with E-state index in [-0.39, 0.29) is 84.2 Å². The van der Waals surface area contributed by atoms with Crippen LogP contribution in [0.15, 0.2) is 29.2 Å². The lowest BCUT2D eigenvalue weighted by Crippen LogP contribution is -2.48. The van der Waals surface area contributed by atoms with Crippen LogP contribution in [0.4, 0.5) is 0 Å². The van der Waals surface area contributed by atoms with E-state index in [4.69, 9.17) is 33.0 Å². The molecule has 4 N–H and O–H groups in total. The van der Waals surface area contributed by atoms with Crippen LogP contribution in [0.5, 0.6) is 0 Å². The Morgan fingerprint density at radius 1 is 0.703 bits per heavy atom. The molecule has 216 valence electrons. The largest absolute Gasteiger partial charge is 0.394 e. The van der Waals surface area contributed by atoms with E-state index < -0.39 is 28.4 Å². The highest BCUT2D eigenvalue weighted by Gasteiger charge is 2.33. The zero-order valence-electron chi connectivity index (χ0n) is 21.4. The van der Waals surface area contributed by atoms with Gasteiger partial charge in [0.1, 0.15) is 18.3 Å². The molecule has 12 nitrogen and oxygen atoms in total. The number of aliphatic hydroxyl groups is 4. The lowest BCUT2D eigenvalue weighted by atomic mass is 10.1. The molecule has 0 heterocycles. The molecule has 0 aromatic heterocycles. The maximum absolute atomic E-state index is 12.4. The summed E-state index contributed by atoms with van der Waals surface area (Å²) in [5, 5.41) is 36.6. The average Bonchev–Trinajstić information content (AvgIpc) is 2.89. The minimum atomic E-state index is -3.95. The fourth-order valence-corrected chi connectivity index (χ4v) is 4.27. The van der Waals surface area contributed by atoms with Crippen LogP contribution in [0.1, 0.15) is 18.9 Å². The van der Waals surface area contributed by atoms with Crippen LogP contribution in [-0.4, -0.2) is 126 Å². The molecule has 0 aliphatic heterocycles. The Kier molecular flexibility index (Phi) is 18.9. The Bertz CT molecular complexity index is 774. The number of aryl methyl sites for hydroxylation is 1. The summed E-state index contributed by atoms with van der Waals surface area (Å²) in [4.78, 5) is 0.0562. The van der Waals surface area contributed by atoms with Crippen LogP contribution >= 0.6 is 0 Å². The van der Waals surface area contributed by atoms with Gasteiger partial charge < -0.3 is 44.1 Å². The maximum atomic E-state index is 12.4. The van der Waals surface area contributed by atoms with Crippen molar-refractivity contribution in [3.8, 4) is 0 Å². The van der Waals surface area contributed by atoms with Crippen molar-refractivity contribution in [2.24, 2.45) is 0 Å². The van der Waals surface area contributed by atoms with E-state index in [1.165, 1.54) is 12.1 Å². The van der Waals surface area contributed by atoms with Gasteiger partial charge in [-0.15, -0.1) is 0 Å². The topological polar surface area (TPSA) is 170 Å². The highest BCUT2D eigenvalue weighted by molar-refractivity contribution is 7.86. The van der Waals surface area contributed by atoms with Gasteiger partial charge in [-0.05, 0) is 24.1 Å². The van der Waals surface area contributed by atoms with Crippen molar-refractivity contribution < 1.29 is 56.7 Å². The second-order valence-corrected chi connectivity index (χ2v) is 9.48. The van der Waals surface area contributed by atoms with Gasteiger partial charge in [0.2, 0.25) is 0 Å². The molecule has 0 saturated heterocycles. The van der Waals surface area contributed by atoms with Crippen molar-refractivity contribution >= 4 is 10.1 Å². The Labute approximate surface area is 219 Å². The van der Waals surface area contributed by atoms with Gasteiger partial charge in [0.25, 0.3) is 10.1 Å². The summed E-state index contributed by atoms with van der Waals surface area (Å²) in [5.41, 5.74) is 1.04. The van der Waals surface area contributed by atoms with E-state index in [0.29, 0.717) is 0 Å². The van der Waals surface area contributed by atoms with E-state index in [2.05, 4.69) is 0 Å². The zero-order valence-corrected chi connectivity index (χ0v) is 22.2. The number of aliphatic hydroxyl groups excluding tert-OH is 4. The molecule has 0 radical (unpaired) electrons. The number of ether oxygens (including phenoxy) is 5. The first-order valence-corrected chi connectivity index (χ1v) is 13.8. The first-order valence-electron chi connectivity index (χ1n) is 12.4. The fraction of sp³-hybridized carbons (Fsp3) is 0.750. The normalized spacial score (nSPS) is 14.5. The molecule has 1 rings (SSSR count). The van der Waals surface area contributed by atoms with E-state index in [1.54, 1.807) is 12.1 Å². The quantitative estimate of drug-likeness (QED) is 0.0956. The van der Waals surface area contributed by atoms with E-state index in [9.17, 15) is 23.7 Å². The average molecular weight is 555 g/mol. The highest BCUT2D eigenvalue weighted by Crippen LogP contribution is 2.16. The van der Waals surface area contributed by atoms with Gasteiger partial charge in [0.15, 0.2) is 0 Å². The van der Waals surface area contributed by atoms with Gasteiger partial charge in [-0.25, -0.2) is 0 Å². The molecule has 0 amide bonds. The second-order valence-electron chi connectivity index (χ2n) is 7.87. The predicted molar refractivity (Wildman–Crippen MR) is 133 cm³/mol. The third-order valence-electron chi connectivity index (χ3n) is 5.00. The molecule has 37 heavy (non-hydrogen) atoms.